The second-order valence-electron chi connectivity index (χ2n) is 4.22. The van der Waals surface area contributed by atoms with Crippen LogP contribution in [0.1, 0.15) is 15.9 Å². The van der Waals surface area contributed by atoms with Crippen LogP contribution < -0.4 is 0 Å². The molecule has 1 aromatic rings. The summed E-state index contributed by atoms with van der Waals surface area (Å²) in [5.74, 6) is 0.111. The highest BCUT2D eigenvalue weighted by molar-refractivity contribution is 6.05. The van der Waals surface area contributed by atoms with E-state index in [1.807, 2.05) is 6.07 Å². The van der Waals surface area contributed by atoms with Crippen LogP contribution in [0.3, 0.4) is 0 Å². The van der Waals surface area contributed by atoms with Crippen molar-refractivity contribution in [3.63, 3.8) is 0 Å². The lowest BCUT2D eigenvalue weighted by Crippen LogP contribution is -2.13. The van der Waals surface area contributed by atoms with Gasteiger partial charge in [0.05, 0.1) is 24.8 Å². The summed E-state index contributed by atoms with van der Waals surface area (Å²) in [6, 6.07) is 7.18. The molecule has 2 heterocycles. The van der Waals surface area contributed by atoms with Gasteiger partial charge in [0.1, 0.15) is 18.8 Å². The van der Waals surface area contributed by atoms with Gasteiger partial charge in [0.15, 0.2) is 0 Å². The van der Waals surface area contributed by atoms with Crippen LogP contribution in [0.25, 0.3) is 0 Å². The number of nitrogens with zero attached hydrogens (tertiary/aromatic N) is 1. The number of esters is 1. The highest BCUT2D eigenvalue weighted by atomic mass is 16.6. The summed E-state index contributed by atoms with van der Waals surface area (Å²) in [4.78, 5) is 16.1. The third kappa shape index (κ3) is 1.97. The molecule has 0 aliphatic carbocycles. The highest BCUT2D eigenvalue weighted by Gasteiger charge is 2.37. The first-order chi connectivity index (χ1) is 8.79. The molecule has 0 spiro atoms. The quantitative estimate of drug-likeness (QED) is 0.591. The monoisotopic (exact) mass is 247 g/mol. The number of aliphatic imine (C=N–C) groups is 1. The molecule has 5 nitrogen and oxygen atoms in total. The van der Waals surface area contributed by atoms with Crippen LogP contribution in [0.5, 0.6) is 0 Å². The summed E-state index contributed by atoms with van der Waals surface area (Å²) in [5, 5.41) is 0. The van der Waals surface area contributed by atoms with Crippen LogP contribution in [0, 0.1) is 0 Å². The van der Waals surface area contributed by atoms with E-state index in [0.717, 1.165) is 6.61 Å². The Hall–Kier alpha value is -1.88. The minimum Gasteiger partial charge on any atom is -0.475 e. The Morgan fingerprint density at radius 3 is 2.89 bits per heavy atom. The average molecular weight is 247 g/mol. The van der Waals surface area contributed by atoms with Gasteiger partial charge in [-0.05, 0) is 12.1 Å². The van der Waals surface area contributed by atoms with E-state index in [1.54, 1.807) is 18.2 Å². The predicted octanol–water partition coefficient (Wildman–Crippen LogP) is 1.02. The maximum absolute atomic E-state index is 11.7. The molecule has 0 bridgehead atoms. The molecule has 0 unspecified atom stereocenters. The zero-order valence-electron chi connectivity index (χ0n) is 9.96. The Labute approximate surface area is 104 Å². The maximum atomic E-state index is 11.7. The Balaban J connectivity index is 1.92. The first-order valence-corrected chi connectivity index (χ1v) is 5.79. The molecule has 0 saturated carbocycles. The minimum absolute atomic E-state index is 0.0469. The molecule has 0 aromatic heterocycles. The lowest BCUT2D eigenvalue weighted by Gasteiger charge is -2.06. The summed E-state index contributed by atoms with van der Waals surface area (Å²) in [5.41, 5.74) is 1.14. The van der Waals surface area contributed by atoms with Crippen molar-refractivity contribution >= 4 is 11.9 Å². The van der Waals surface area contributed by atoms with Crippen LogP contribution >= 0.6 is 0 Å². The van der Waals surface area contributed by atoms with Crippen molar-refractivity contribution in [2.24, 2.45) is 4.99 Å². The fraction of sp³-hybridized carbons (Fsp3) is 0.385. The number of carbonyl (C=O) groups is 1. The van der Waals surface area contributed by atoms with Gasteiger partial charge in [0.2, 0.25) is 5.90 Å². The van der Waals surface area contributed by atoms with E-state index in [1.165, 1.54) is 7.11 Å². The normalized spacial score (nSPS) is 25.3. The average Bonchev–Trinajstić information content (AvgIpc) is 3.16. The lowest BCUT2D eigenvalue weighted by atomic mass is 10.1. The van der Waals surface area contributed by atoms with Gasteiger partial charge in [-0.2, -0.15) is 0 Å². The smallest absolute Gasteiger partial charge is 0.338 e. The standard InChI is InChI=1S/C13H13NO4/c1-16-13(15)9-5-3-2-4-8(9)12-14-10(6-18-12)11-7-17-11/h2-5,10-11H,6-7H2,1H3/t10-,11+/m0/s1. The molecule has 94 valence electrons. The number of hydrogen-bond donors (Lipinski definition) is 0. The molecule has 1 fully saturated rings. The maximum Gasteiger partial charge on any atom is 0.338 e. The second-order valence-corrected chi connectivity index (χ2v) is 4.22. The van der Waals surface area contributed by atoms with Crippen LogP contribution in [-0.2, 0) is 14.2 Å². The molecule has 0 amide bonds. The SMILES string of the molecule is COC(=O)c1ccccc1C1=N[C@H]([C@H]2CO2)CO1. The third-order valence-corrected chi connectivity index (χ3v) is 3.02. The Morgan fingerprint density at radius 1 is 1.39 bits per heavy atom. The Kier molecular flexibility index (Phi) is 2.76. The fourth-order valence-corrected chi connectivity index (χ4v) is 1.96. The van der Waals surface area contributed by atoms with Gasteiger partial charge in [-0.3, -0.25) is 0 Å². The minimum atomic E-state index is -0.386. The summed E-state index contributed by atoms with van der Waals surface area (Å²) in [7, 11) is 1.36. The number of hydrogen-bond acceptors (Lipinski definition) is 5. The summed E-state index contributed by atoms with van der Waals surface area (Å²) in [6.45, 7) is 1.25. The van der Waals surface area contributed by atoms with Gasteiger partial charge >= 0.3 is 5.97 Å². The first-order valence-electron chi connectivity index (χ1n) is 5.79. The zero-order chi connectivity index (χ0) is 12.5. The van der Waals surface area contributed by atoms with Gasteiger partial charge in [0.25, 0.3) is 0 Å². The predicted molar refractivity (Wildman–Crippen MR) is 63.8 cm³/mol. The van der Waals surface area contributed by atoms with E-state index < -0.39 is 0 Å². The van der Waals surface area contributed by atoms with Crippen molar-refractivity contribution in [3.8, 4) is 0 Å². The molecule has 0 N–H and O–H groups in total. The molecule has 5 heteroatoms. The molecule has 2 aliphatic rings. The topological polar surface area (TPSA) is 60.4 Å². The van der Waals surface area contributed by atoms with Crippen LogP contribution in [0.4, 0.5) is 0 Å². The van der Waals surface area contributed by atoms with Crippen LogP contribution in [0.2, 0.25) is 0 Å². The van der Waals surface area contributed by atoms with Crippen molar-refractivity contribution in [2.75, 3.05) is 20.3 Å². The zero-order valence-corrected chi connectivity index (χ0v) is 9.96. The van der Waals surface area contributed by atoms with Crippen LogP contribution in [-0.4, -0.2) is 44.3 Å². The fourth-order valence-electron chi connectivity index (χ4n) is 1.96. The summed E-state index contributed by atoms with van der Waals surface area (Å²) >= 11 is 0. The Bertz CT molecular complexity index is 507. The second kappa shape index (κ2) is 4.42. The highest BCUT2D eigenvalue weighted by Crippen LogP contribution is 2.24. The molecule has 0 radical (unpaired) electrons. The molecule has 1 saturated heterocycles. The van der Waals surface area contributed by atoms with Gasteiger partial charge in [-0.15, -0.1) is 0 Å². The number of methoxy groups -OCH3 is 1. The van der Waals surface area contributed by atoms with E-state index in [4.69, 9.17) is 14.2 Å². The summed E-state index contributed by atoms with van der Waals surface area (Å²) in [6.07, 6.45) is 0.174. The number of epoxide rings is 1. The van der Waals surface area contributed by atoms with Crippen molar-refractivity contribution < 1.29 is 19.0 Å². The first kappa shape index (κ1) is 11.2. The van der Waals surface area contributed by atoms with E-state index in [9.17, 15) is 4.79 Å². The van der Waals surface area contributed by atoms with E-state index >= 15 is 0 Å². The van der Waals surface area contributed by atoms with Crippen LogP contribution in [0.15, 0.2) is 29.3 Å². The Morgan fingerprint density at radius 2 is 2.17 bits per heavy atom. The third-order valence-electron chi connectivity index (χ3n) is 3.02. The molecule has 2 aliphatic heterocycles. The number of rotatable bonds is 3. The van der Waals surface area contributed by atoms with Gasteiger partial charge in [0, 0.05) is 0 Å². The molecule has 3 rings (SSSR count). The molecule has 2 atom stereocenters. The van der Waals surface area contributed by atoms with E-state index in [-0.39, 0.29) is 18.1 Å². The van der Waals surface area contributed by atoms with E-state index in [0.29, 0.717) is 23.6 Å². The molecular weight excluding hydrogens is 234 g/mol. The van der Waals surface area contributed by atoms with Gasteiger partial charge < -0.3 is 14.2 Å². The van der Waals surface area contributed by atoms with Gasteiger partial charge in [-0.1, -0.05) is 12.1 Å². The van der Waals surface area contributed by atoms with Crippen molar-refractivity contribution in [1.82, 2.24) is 0 Å². The largest absolute Gasteiger partial charge is 0.475 e. The van der Waals surface area contributed by atoms with E-state index in [2.05, 4.69) is 4.99 Å². The summed E-state index contributed by atoms with van der Waals surface area (Å²) < 4.78 is 15.5. The lowest BCUT2D eigenvalue weighted by molar-refractivity contribution is 0.0600. The molecule has 1 aromatic carbocycles. The number of benzene rings is 1. The van der Waals surface area contributed by atoms with Crippen molar-refractivity contribution in [1.29, 1.82) is 0 Å². The van der Waals surface area contributed by atoms with Crippen molar-refractivity contribution in [2.45, 2.75) is 12.1 Å². The number of ether oxygens (including phenoxy) is 3. The molecule has 18 heavy (non-hydrogen) atoms. The number of carbonyl (C=O) groups excluding carboxylic acids is 1. The van der Waals surface area contributed by atoms with Gasteiger partial charge in [-0.25, -0.2) is 9.79 Å². The van der Waals surface area contributed by atoms with Crippen molar-refractivity contribution in [3.05, 3.63) is 35.4 Å². The molecular formula is C13H13NO4.